The molecular weight excluding hydrogens is 410 g/mol. The van der Waals surface area contributed by atoms with Gasteiger partial charge >= 0.3 is 5.97 Å². The van der Waals surface area contributed by atoms with Gasteiger partial charge in [-0.1, -0.05) is 15.9 Å². The highest BCUT2D eigenvalue weighted by Gasteiger charge is 2.14. The topological polar surface area (TPSA) is 65.7 Å². The van der Waals surface area contributed by atoms with Crippen molar-refractivity contribution in [1.82, 2.24) is 14.6 Å². The van der Waals surface area contributed by atoms with Crippen molar-refractivity contribution in [3.8, 4) is 5.75 Å². The van der Waals surface area contributed by atoms with Gasteiger partial charge in [0, 0.05) is 33.9 Å². The summed E-state index contributed by atoms with van der Waals surface area (Å²) < 4.78 is 13.5. The van der Waals surface area contributed by atoms with E-state index in [1.54, 1.807) is 7.11 Å². The van der Waals surface area contributed by atoms with Gasteiger partial charge in [0.15, 0.2) is 5.65 Å². The minimum absolute atomic E-state index is 0.176. The average Bonchev–Trinajstić information content (AvgIpc) is 3.00. The number of aromatic nitrogens is 3. The Balaban J connectivity index is 1.66. The Hall–Kier alpha value is -2.41. The molecule has 2 heterocycles. The van der Waals surface area contributed by atoms with Crippen molar-refractivity contribution in [3.05, 3.63) is 56.9 Å². The summed E-state index contributed by atoms with van der Waals surface area (Å²) in [6.45, 7) is 6.08. The van der Waals surface area contributed by atoms with Gasteiger partial charge in [0.1, 0.15) is 12.4 Å². The number of hydrogen-bond acceptors (Lipinski definition) is 5. The number of ether oxygens (including phenoxy) is 2. The number of rotatable bonds is 6. The smallest absolute Gasteiger partial charge is 0.306 e. The molecule has 0 saturated carbocycles. The molecule has 0 aliphatic carbocycles. The SMILES string of the molecule is COc1ccc(Br)cc1COC(=O)CCc1c(C)nc2cc(C)nn2c1C. The molecule has 7 heteroatoms. The number of carbonyl (C=O) groups excluding carboxylic acids is 1. The number of methoxy groups -OCH3 is 1. The maximum Gasteiger partial charge on any atom is 0.306 e. The number of halogens is 1. The molecule has 0 fully saturated rings. The van der Waals surface area contributed by atoms with Crippen LogP contribution in [0.3, 0.4) is 0 Å². The fourth-order valence-electron chi connectivity index (χ4n) is 3.12. The molecule has 2 aromatic heterocycles. The summed E-state index contributed by atoms with van der Waals surface area (Å²) in [6.07, 6.45) is 0.847. The molecule has 0 aliphatic heterocycles. The van der Waals surface area contributed by atoms with Crippen LogP contribution in [0.2, 0.25) is 0 Å². The molecule has 0 spiro atoms. The minimum atomic E-state index is -0.257. The van der Waals surface area contributed by atoms with E-state index in [4.69, 9.17) is 9.47 Å². The molecule has 0 radical (unpaired) electrons. The molecule has 0 saturated heterocycles. The zero-order valence-electron chi connectivity index (χ0n) is 15.9. The predicted octanol–water partition coefficient (Wildman–Crippen LogP) is 4.10. The number of carbonyl (C=O) groups is 1. The lowest BCUT2D eigenvalue weighted by atomic mass is 10.1. The Labute approximate surface area is 166 Å². The lowest BCUT2D eigenvalue weighted by molar-refractivity contribution is -0.144. The molecular formula is C20H22BrN3O3. The van der Waals surface area contributed by atoms with Gasteiger partial charge in [0.25, 0.3) is 0 Å². The van der Waals surface area contributed by atoms with Crippen LogP contribution in [-0.2, 0) is 22.6 Å². The zero-order chi connectivity index (χ0) is 19.6. The monoisotopic (exact) mass is 431 g/mol. The lowest BCUT2D eigenvalue weighted by Crippen LogP contribution is -2.10. The summed E-state index contributed by atoms with van der Waals surface area (Å²) in [5, 5.41) is 4.46. The largest absolute Gasteiger partial charge is 0.496 e. The quantitative estimate of drug-likeness (QED) is 0.549. The highest BCUT2D eigenvalue weighted by Crippen LogP contribution is 2.24. The van der Waals surface area contributed by atoms with Gasteiger partial charge in [-0.25, -0.2) is 9.50 Å². The van der Waals surface area contributed by atoms with Crippen LogP contribution in [0, 0.1) is 20.8 Å². The third-order valence-corrected chi connectivity index (χ3v) is 4.99. The van der Waals surface area contributed by atoms with Gasteiger partial charge < -0.3 is 9.47 Å². The van der Waals surface area contributed by atoms with Crippen LogP contribution in [-0.4, -0.2) is 27.7 Å². The van der Waals surface area contributed by atoms with Gasteiger partial charge in [0.05, 0.1) is 12.8 Å². The molecule has 0 N–H and O–H groups in total. The second kappa shape index (κ2) is 8.08. The maximum atomic E-state index is 12.2. The summed E-state index contributed by atoms with van der Waals surface area (Å²) >= 11 is 3.42. The minimum Gasteiger partial charge on any atom is -0.496 e. The number of nitrogens with zero attached hydrogens (tertiary/aromatic N) is 3. The van der Waals surface area contributed by atoms with Crippen molar-refractivity contribution in [2.45, 2.75) is 40.2 Å². The first-order valence-electron chi connectivity index (χ1n) is 8.69. The first kappa shape index (κ1) is 19.4. The van der Waals surface area contributed by atoms with Crippen molar-refractivity contribution < 1.29 is 14.3 Å². The van der Waals surface area contributed by atoms with Crippen molar-refractivity contribution in [1.29, 1.82) is 0 Å². The third-order valence-electron chi connectivity index (χ3n) is 4.50. The Morgan fingerprint density at radius 2 is 2.00 bits per heavy atom. The molecule has 0 amide bonds. The Morgan fingerprint density at radius 3 is 2.74 bits per heavy atom. The molecule has 0 bridgehead atoms. The normalized spacial score (nSPS) is 11.0. The standard InChI is InChI=1S/C20H22BrN3O3/c1-12-9-19-22-13(2)17(14(3)24(19)23-12)6-8-20(25)27-11-15-10-16(21)5-7-18(15)26-4/h5,7,9-10H,6,8,11H2,1-4H3. The molecule has 3 aromatic rings. The number of aryl methyl sites for hydroxylation is 3. The van der Waals surface area contributed by atoms with E-state index in [9.17, 15) is 4.79 Å². The summed E-state index contributed by atoms with van der Waals surface area (Å²) in [5.41, 5.74) is 5.53. The molecule has 1 aromatic carbocycles. The summed E-state index contributed by atoms with van der Waals surface area (Å²) in [5.74, 6) is 0.439. The highest BCUT2D eigenvalue weighted by atomic mass is 79.9. The molecule has 142 valence electrons. The number of esters is 1. The third kappa shape index (κ3) is 4.30. The maximum absolute atomic E-state index is 12.2. The van der Waals surface area contributed by atoms with E-state index in [2.05, 4.69) is 26.0 Å². The van der Waals surface area contributed by atoms with Crippen molar-refractivity contribution in [2.75, 3.05) is 7.11 Å². The van der Waals surface area contributed by atoms with Crippen LogP contribution in [0.5, 0.6) is 5.75 Å². The summed E-state index contributed by atoms with van der Waals surface area (Å²) in [7, 11) is 1.60. The molecule has 3 rings (SSSR count). The van der Waals surface area contributed by atoms with E-state index in [0.29, 0.717) is 12.2 Å². The highest BCUT2D eigenvalue weighted by molar-refractivity contribution is 9.10. The van der Waals surface area contributed by atoms with Gasteiger partial charge in [-0.05, 0) is 51.0 Å². The van der Waals surface area contributed by atoms with Gasteiger partial charge in [-0.3, -0.25) is 4.79 Å². The Kier molecular flexibility index (Phi) is 5.79. The van der Waals surface area contributed by atoms with Gasteiger partial charge in [0.2, 0.25) is 0 Å². The van der Waals surface area contributed by atoms with Crippen LogP contribution in [0.15, 0.2) is 28.7 Å². The van der Waals surface area contributed by atoms with Gasteiger partial charge in [-0.2, -0.15) is 5.10 Å². The van der Waals surface area contributed by atoms with Crippen molar-refractivity contribution in [2.24, 2.45) is 0 Å². The molecule has 6 nitrogen and oxygen atoms in total. The zero-order valence-corrected chi connectivity index (χ0v) is 17.5. The average molecular weight is 432 g/mol. The van der Waals surface area contributed by atoms with E-state index in [0.717, 1.165) is 38.3 Å². The first-order chi connectivity index (χ1) is 12.9. The fraction of sp³-hybridized carbons (Fsp3) is 0.350. The summed E-state index contributed by atoms with van der Waals surface area (Å²) in [6, 6.07) is 7.56. The van der Waals surface area contributed by atoms with E-state index in [1.165, 1.54) is 0 Å². The number of hydrogen-bond donors (Lipinski definition) is 0. The second-order valence-corrected chi connectivity index (χ2v) is 7.35. The van der Waals surface area contributed by atoms with Crippen molar-refractivity contribution in [3.63, 3.8) is 0 Å². The van der Waals surface area contributed by atoms with E-state index in [1.807, 2.05) is 49.6 Å². The summed E-state index contributed by atoms with van der Waals surface area (Å²) in [4.78, 5) is 16.8. The molecule has 0 aliphatic rings. The van der Waals surface area contributed by atoms with Crippen LogP contribution in [0.1, 0.15) is 34.6 Å². The van der Waals surface area contributed by atoms with Crippen LogP contribution in [0.25, 0.3) is 5.65 Å². The van der Waals surface area contributed by atoms with E-state index < -0.39 is 0 Å². The second-order valence-electron chi connectivity index (χ2n) is 6.43. The van der Waals surface area contributed by atoms with E-state index in [-0.39, 0.29) is 19.0 Å². The first-order valence-corrected chi connectivity index (χ1v) is 9.49. The lowest BCUT2D eigenvalue weighted by Gasteiger charge is -2.12. The Morgan fingerprint density at radius 1 is 1.22 bits per heavy atom. The van der Waals surface area contributed by atoms with Gasteiger partial charge in [-0.15, -0.1) is 0 Å². The van der Waals surface area contributed by atoms with E-state index >= 15 is 0 Å². The molecule has 0 unspecified atom stereocenters. The van der Waals surface area contributed by atoms with Crippen LogP contribution in [0.4, 0.5) is 0 Å². The van der Waals surface area contributed by atoms with Crippen molar-refractivity contribution >= 4 is 27.5 Å². The fourth-order valence-corrected chi connectivity index (χ4v) is 3.53. The number of benzene rings is 1. The molecule has 0 atom stereocenters. The number of fused-ring (bicyclic) bond motifs is 1. The predicted molar refractivity (Wildman–Crippen MR) is 106 cm³/mol. The molecule has 27 heavy (non-hydrogen) atoms. The van der Waals surface area contributed by atoms with Crippen LogP contribution >= 0.6 is 15.9 Å². The Bertz CT molecular complexity index is 998. The van der Waals surface area contributed by atoms with Crippen LogP contribution < -0.4 is 4.74 Å².